The molecular weight excluding hydrogens is 190 g/mol. The van der Waals surface area contributed by atoms with Crippen LogP contribution in [-0.4, -0.2) is 17.6 Å². The molecule has 88 valence electrons. The largest absolute Gasteiger partial charge is 0.481 e. The van der Waals surface area contributed by atoms with Crippen molar-refractivity contribution < 1.29 is 9.90 Å². The zero-order valence-corrected chi connectivity index (χ0v) is 9.78. The number of carboxylic acid groups (broad SMARTS) is 1. The summed E-state index contributed by atoms with van der Waals surface area (Å²) in [5.74, 6) is -0.116. The van der Waals surface area contributed by atoms with Gasteiger partial charge in [-0.25, -0.2) is 0 Å². The van der Waals surface area contributed by atoms with Crippen molar-refractivity contribution in [2.75, 3.05) is 6.54 Å². The van der Waals surface area contributed by atoms with Gasteiger partial charge in [-0.1, -0.05) is 26.0 Å². The summed E-state index contributed by atoms with van der Waals surface area (Å²) in [7, 11) is 0. The van der Waals surface area contributed by atoms with E-state index in [1.165, 1.54) is 0 Å². The zero-order chi connectivity index (χ0) is 11.7. The zero-order valence-electron chi connectivity index (χ0n) is 9.78. The normalized spacial score (nSPS) is 15.4. The maximum atomic E-state index is 10.5. The van der Waals surface area contributed by atoms with Crippen LogP contribution < -0.4 is 5.73 Å². The SMILES string of the molecule is CCC=CC[C@@H](C)C[C@H](CN)CC(=O)O. The molecule has 0 aliphatic rings. The highest BCUT2D eigenvalue weighted by molar-refractivity contribution is 5.67. The van der Waals surface area contributed by atoms with Crippen LogP contribution in [0.4, 0.5) is 0 Å². The third-order valence-corrected chi connectivity index (χ3v) is 2.47. The summed E-state index contributed by atoms with van der Waals surface area (Å²) in [6.07, 6.45) is 7.48. The molecule has 3 nitrogen and oxygen atoms in total. The van der Waals surface area contributed by atoms with Crippen LogP contribution in [0.5, 0.6) is 0 Å². The lowest BCUT2D eigenvalue weighted by atomic mass is 9.91. The van der Waals surface area contributed by atoms with Crippen LogP contribution in [0.25, 0.3) is 0 Å². The summed E-state index contributed by atoms with van der Waals surface area (Å²) in [6.45, 7) is 4.72. The molecule has 0 amide bonds. The summed E-state index contributed by atoms with van der Waals surface area (Å²) in [4.78, 5) is 10.5. The fourth-order valence-corrected chi connectivity index (χ4v) is 1.67. The number of carboxylic acids is 1. The molecule has 0 saturated carbocycles. The molecule has 2 atom stereocenters. The van der Waals surface area contributed by atoms with E-state index in [9.17, 15) is 4.79 Å². The molecule has 0 aliphatic heterocycles. The number of carbonyl (C=O) groups is 1. The Morgan fingerprint density at radius 1 is 1.47 bits per heavy atom. The van der Waals surface area contributed by atoms with Crippen molar-refractivity contribution in [1.82, 2.24) is 0 Å². The molecule has 0 unspecified atom stereocenters. The Morgan fingerprint density at radius 2 is 2.13 bits per heavy atom. The Labute approximate surface area is 92.4 Å². The monoisotopic (exact) mass is 213 g/mol. The van der Waals surface area contributed by atoms with E-state index in [-0.39, 0.29) is 12.3 Å². The van der Waals surface area contributed by atoms with Gasteiger partial charge >= 0.3 is 5.97 Å². The second kappa shape index (κ2) is 8.48. The lowest BCUT2D eigenvalue weighted by Gasteiger charge is -2.16. The minimum absolute atomic E-state index is 0.118. The van der Waals surface area contributed by atoms with E-state index in [0.717, 1.165) is 19.3 Å². The molecule has 0 aromatic heterocycles. The van der Waals surface area contributed by atoms with E-state index in [1.807, 2.05) is 0 Å². The Hall–Kier alpha value is -0.830. The van der Waals surface area contributed by atoms with Gasteiger partial charge in [-0.2, -0.15) is 0 Å². The van der Waals surface area contributed by atoms with Crippen molar-refractivity contribution in [1.29, 1.82) is 0 Å². The average Bonchev–Trinajstić information content (AvgIpc) is 2.16. The maximum Gasteiger partial charge on any atom is 0.303 e. The summed E-state index contributed by atoms with van der Waals surface area (Å²) in [6, 6.07) is 0. The molecule has 3 heteroatoms. The Balaban J connectivity index is 3.84. The second-order valence-corrected chi connectivity index (χ2v) is 4.16. The van der Waals surface area contributed by atoms with Gasteiger partial charge in [0.05, 0.1) is 0 Å². The van der Waals surface area contributed by atoms with E-state index in [1.54, 1.807) is 0 Å². The van der Waals surface area contributed by atoms with Crippen LogP contribution in [0.2, 0.25) is 0 Å². The molecule has 0 rings (SSSR count). The topological polar surface area (TPSA) is 63.3 Å². The van der Waals surface area contributed by atoms with E-state index >= 15 is 0 Å². The summed E-state index contributed by atoms with van der Waals surface area (Å²) in [5, 5.41) is 8.67. The van der Waals surface area contributed by atoms with Crippen molar-refractivity contribution in [3.05, 3.63) is 12.2 Å². The van der Waals surface area contributed by atoms with Crippen LogP contribution in [0.1, 0.15) is 39.5 Å². The van der Waals surface area contributed by atoms with E-state index in [0.29, 0.717) is 12.5 Å². The lowest BCUT2D eigenvalue weighted by Crippen LogP contribution is -2.20. The molecule has 0 heterocycles. The Morgan fingerprint density at radius 3 is 2.60 bits per heavy atom. The smallest absolute Gasteiger partial charge is 0.303 e. The minimum atomic E-state index is -0.748. The van der Waals surface area contributed by atoms with Crippen LogP contribution in [0.15, 0.2) is 12.2 Å². The van der Waals surface area contributed by atoms with Crippen molar-refractivity contribution >= 4 is 5.97 Å². The molecule has 0 aromatic rings. The highest BCUT2D eigenvalue weighted by Crippen LogP contribution is 2.18. The molecule has 15 heavy (non-hydrogen) atoms. The van der Waals surface area contributed by atoms with Crippen molar-refractivity contribution in [2.45, 2.75) is 39.5 Å². The van der Waals surface area contributed by atoms with Crippen LogP contribution in [0.3, 0.4) is 0 Å². The van der Waals surface area contributed by atoms with E-state index in [2.05, 4.69) is 26.0 Å². The predicted molar refractivity (Wildman–Crippen MR) is 62.6 cm³/mol. The number of allylic oxidation sites excluding steroid dienone is 2. The van der Waals surface area contributed by atoms with E-state index < -0.39 is 5.97 Å². The summed E-state index contributed by atoms with van der Waals surface area (Å²) in [5.41, 5.74) is 5.54. The van der Waals surface area contributed by atoms with Crippen molar-refractivity contribution in [2.24, 2.45) is 17.6 Å². The standard InChI is InChI=1S/C12H23NO2/c1-3-4-5-6-10(2)7-11(9-13)8-12(14)15/h4-5,10-11H,3,6-9,13H2,1-2H3,(H,14,15)/t10-,11+/m1/s1. The molecule has 0 spiro atoms. The number of aliphatic carboxylic acids is 1. The Kier molecular flexibility index (Phi) is 8.01. The van der Waals surface area contributed by atoms with Crippen LogP contribution >= 0.6 is 0 Å². The predicted octanol–water partition coefficient (Wildman–Crippen LogP) is 2.42. The first kappa shape index (κ1) is 14.2. The van der Waals surface area contributed by atoms with Crippen LogP contribution in [0, 0.1) is 11.8 Å². The average molecular weight is 213 g/mol. The molecule has 0 bridgehead atoms. The van der Waals surface area contributed by atoms with Crippen molar-refractivity contribution in [3.63, 3.8) is 0 Å². The first-order valence-corrected chi connectivity index (χ1v) is 5.67. The second-order valence-electron chi connectivity index (χ2n) is 4.16. The first-order valence-electron chi connectivity index (χ1n) is 5.67. The van der Waals surface area contributed by atoms with Gasteiger partial charge < -0.3 is 10.8 Å². The van der Waals surface area contributed by atoms with Gasteiger partial charge in [0.2, 0.25) is 0 Å². The van der Waals surface area contributed by atoms with Gasteiger partial charge in [-0.15, -0.1) is 0 Å². The molecule has 3 N–H and O–H groups in total. The highest BCUT2D eigenvalue weighted by Gasteiger charge is 2.14. The lowest BCUT2D eigenvalue weighted by molar-refractivity contribution is -0.138. The molecule has 0 aliphatic carbocycles. The van der Waals surface area contributed by atoms with Gasteiger partial charge in [0.1, 0.15) is 0 Å². The molecule has 0 fully saturated rings. The van der Waals surface area contributed by atoms with Gasteiger partial charge in [-0.3, -0.25) is 4.79 Å². The van der Waals surface area contributed by atoms with Gasteiger partial charge in [-0.05, 0) is 37.6 Å². The fourth-order valence-electron chi connectivity index (χ4n) is 1.67. The molecule has 0 radical (unpaired) electrons. The number of hydrogen-bond donors (Lipinski definition) is 2. The van der Waals surface area contributed by atoms with Gasteiger partial charge in [0.25, 0.3) is 0 Å². The quantitative estimate of drug-likeness (QED) is 0.609. The number of rotatable bonds is 8. The van der Waals surface area contributed by atoms with E-state index in [4.69, 9.17) is 10.8 Å². The van der Waals surface area contributed by atoms with Crippen molar-refractivity contribution in [3.8, 4) is 0 Å². The minimum Gasteiger partial charge on any atom is -0.481 e. The summed E-state index contributed by atoms with van der Waals surface area (Å²) >= 11 is 0. The fraction of sp³-hybridized carbons (Fsp3) is 0.750. The highest BCUT2D eigenvalue weighted by atomic mass is 16.4. The van der Waals surface area contributed by atoms with Gasteiger partial charge in [0.15, 0.2) is 0 Å². The molecular formula is C12H23NO2. The third kappa shape index (κ3) is 8.18. The summed E-state index contributed by atoms with van der Waals surface area (Å²) < 4.78 is 0. The molecule has 0 saturated heterocycles. The third-order valence-electron chi connectivity index (χ3n) is 2.47. The number of hydrogen-bond acceptors (Lipinski definition) is 2. The van der Waals surface area contributed by atoms with Gasteiger partial charge in [0, 0.05) is 6.42 Å². The first-order chi connectivity index (χ1) is 7.10. The maximum absolute atomic E-state index is 10.5. The van der Waals surface area contributed by atoms with Crippen LogP contribution in [-0.2, 0) is 4.79 Å². The Bertz CT molecular complexity index is 202. The molecule has 0 aromatic carbocycles. The number of nitrogens with two attached hydrogens (primary N) is 1.